The van der Waals surface area contributed by atoms with Crippen molar-refractivity contribution < 1.29 is 14.6 Å². The predicted molar refractivity (Wildman–Crippen MR) is 67.2 cm³/mol. The van der Waals surface area contributed by atoms with Crippen LogP contribution in [0.5, 0.6) is 0 Å². The summed E-state index contributed by atoms with van der Waals surface area (Å²) >= 11 is 0. The van der Waals surface area contributed by atoms with Crippen LogP contribution < -0.4 is 5.73 Å². The van der Waals surface area contributed by atoms with E-state index in [2.05, 4.69) is 10.2 Å². The zero-order valence-corrected chi connectivity index (χ0v) is 10.9. The number of nitrogen functional groups attached to an aromatic ring is 1. The molecule has 1 unspecified atom stereocenters. The molecule has 0 aliphatic heterocycles. The average molecular weight is 256 g/mol. The van der Waals surface area contributed by atoms with Crippen molar-refractivity contribution in [3.8, 4) is 0 Å². The predicted octanol–water partition coefficient (Wildman–Crippen LogP) is -0.366. The van der Waals surface area contributed by atoms with Gasteiger partial charge in [0.15, 0.2) is 5.69 Å². The Morgan fingerprint density at radius 1 is 1.67 bits per heavy atom. The molecule has 1 heterocycles. The van der Waals surface area contributed by atoms with Gasteiger partial charge in [-0.15, -0.1) is 0 Å². The van der Waals surface area contributed by atoms with Crippen LogP contribution in [0.3, 0.4) is 0 Å². The molecule has 1 aromatic heterocycles. The molecule has 4 N–H and O–H groups in total. The Hall–Kier alpha value is -1.60. The number of aromatic nitrogens is 2. The number of hydrogen-bond donors (Lipinski definition) is 3. The highest BCUT2D eigenvalue weighted by Crippen LogP contribution is 2.15. The Morgan fingerprint density at radius 3 is 2.83 bits per heavy atom. The van der Waals surface area contributed by atoms with Crippen molar-refractivity contribution in [1.82, 2.24) is 15.1 Å². The number of aliphatic hydroxyl groups excluding tert-OH is 1. The third-order valence-corrected chi connectivity index (χ3v) is 2.63. The van der Waals surface area contributed by atoms with Crippen LogP contribution in [-0.2, 0) is 11.2 Å². The van der Waals surface area contributed by atoms with Gasteiger partial charge in [0.2, 0.25) is 0 Å². The number of hydrogen-bond acceptors (Lipinski definition) is 5. The Kier molecular flexibility index (Phi) is 5.11. The van der Waals surface area contributed by atoms with Crippen LogP contribution in [0, 0.1) is 0 Å². The highest BCUT2D eigenvalue weighted by atomic mass is 16.5. The first kappa shape index (κ1) is 14.5. The van der Waals surface area contributed by atoms with Gasteiger partial charge in [0.1, 0.15) is 0 Å². The number of aliphatic hydroxyl groups is 1. The molecule has 102 valence electrons. The van der Waals surface area contributed by atoms with Crippen LogP contribution in [0.2, 0.25) is 0 Å². The molecule has 0 bridgehead atoms. The number of nitrogens with zero attached hydrogens (tertiary/aromatic N) is 2. The lowest BCUT2D eigenvalue weighted by Crippen LogP contribution is -2.36. The van der Waals surface area contributed by atoms with Gasteiger partial charge in [-0.1, -0.05) is 6.92 Å². The fraction of sp³-hybridized carbons (Fsp3) is 0.636. The lowest BCUT2D eigenvalue weighted by Gasteiger charge is -2.19. The molecule has 0 spiro atoms. The standard InChI is InChI=1S/C11H20N4O3/c1-4-8-9(12)10(14-13-8)11(17)15(2)5-7(16)6-18-3/h7,16H,4-6,12H2,1-3H3,(H,13,14). The van der Waals surface area contributed by atoms with Crippen molar-refractivity contribution in [1.29, 1.82) is 0 Å². The topological polar surface area (TPSA) is 104 Å². The molecular formula is C11H20N4O3. The molecule has 1 rings (SSSR count). The summed E-state index contributed by atoms with van der Waals surface area (Å²) in [5.74, 6) is -0.321. The van der Waals surface area contributed by atoms with E-state index >= 15 is 0 Å². The molecule has 0 aliphatic rings. The number of nitrogens with one attached hydrogen (secondary N) is 1. The smallest absolute Gasteiger partial charge is 0.276 e. The number of carbonyl (C=O) groups excluding carboxylic acids is 1. The van der Waals surface area contributed by atoms with Gasteiger partial charge in [-0.3, -0.25) is 9.89 Å². The Bertz CT molecular complexity index is 405. The molecular weight excluding hydrogens is 236 g/mol. The molecule has 0 aromatic carbocycles. The summed E-state index contributed by atoms with van der Waals surface area (Å²) in [6.45, 7) is 2.26. The summed E-state index contributed by atoms with van der Waals surface area (Å²) in [5, 5.41) is 16.2. The number of amides is 1. The van der Waals surface area contributed by atoms with Crippen molar-refractivity contribution in [3.63, 3.8) is 0 Å². The normalized spacial score (nSPS) is 12.4. The average Bonchev–Trinajstić information content (AvgIpc) is 2.69. The maximum absolute atomic E-state index is 12.0. The molecule has 0 saturated carbocycles. The second kappa shape index (κ2) is 6.36. The van der Waals surface area contributed by atoms with E-state index < -0.39 is 6.10 Å². The van der Waals surface area contributed by atoms with Crippen LogP contribution in [0.4, 0.5) is 5.69 Å². The summed E-state index contributed by atoms with van der Waals surface area (Å²) < 4.78 is 4.80. The second-order valence-corrected chi connectivity index (χ2v) is 4.11. The van der Waals surface area contributed by atoms with Gasteiger partial charge in [-0.25, -0.2) is 0 Å². The molecule has 0 saturated heterocycles. The number of aryl methyl sites for hydroxylation is 1. The first-order chi connectivity index (χ1) is 8.51. The fourth-order valence-corrected chi connectivity index (χ4v) is 1.64. The number of likely N-dealkylation sites (N-methyl/N-ethyl adjacent to an activating group) is 1. The highest BCUT2D eigenvalue weighted by molar-refractivity contribution is 5.97. The molecule has 1 aromatic rings. The van der Waals surface area contributed by atoms with E-state index in [0.29, 0.717) is 12.1 Å². The number of ether oxygens (including phenoxy) is 1. The third-order valence-electron chi connectivity index (χ3n) is 2.63. The first-order valence-corrected chi connectivity index (χ1v) is 5.76. The summed E-state index contributed by atoms with van der Waals surface area (Å²) in [6.07, 6.45) is -0.0444. The zero-order chi connectivity index (χ0) is 13.7. The van der Waals surface area contributed by atoms with Gasteiger partial charge in [0, 0.05) is 20.7 Å². The van der Waals surface area contributed by atoms with Gasteiger partial charge < -0.3 is 20.5 Å². The molecule has 0 fully saturated rings. The van der Waals surface area contributed by atoms with Gasteiger partial charge >= 0.3 is 0 Å². The molecule has 0 aliphatic carbocycles. The number of methoxy groups -OCH3 is 1. The lowest BCUT2D eigenvalue weighted by molar-refractivity contribution is 0.0378. The lowest BCUT2D eigenvalue weighted by atomic mass is 10.2. The van der Waals surface area contributed by atoms with Gasteiger partial charge in [-0.2, -0.15) is 5.10 Å². The molecule has 18 heavy (non-hydrogen) atoms. The maximum Gasteiger partial charge on any atom is 0.276 e. The van der Waals surface area contributed by atoms with Crippen molar-refractivity contribution in [2.24, 2.45) is 0 Å². The second-order valence-electron chi connectivity index (χ2n) is 4.11. The molecule has 7 nitrogen and oxygen atoms in total. The van der Waals surface area contributed by atoms with Crippen LogP contribution >= 0.6 is 0 Å². The SMILES string of the molecule is CCc1[nH]nc(C(=O)N(C)CC(O)COC)c1N. The molecule has 0 radical (unpaired) electrons. The van der Waals surface area contributed by atoms with E-state index in [-0.39, 0.29) is 24.8 Å². The van der Waals surface area contributed by atoms with Crippen molar-refractivity contribution >= 4 is 11.6 Å². The molecule has 1 atom stereocenters. The van der Waals surface area contributed by atoms with Crippen molar-refractivity contribution in [3.05, 3.63) is 11.4 Å². The minimum Gasteiger partial charge on any atom is -0.395 e. The monoisotopic (exact) mass is 256 g/mol. The van der Waals surface area contributed by atoms with Crippen molar-refractivity contribution in [2.75, 3.05) is 33.0 Å². The van der Waals surface area contributed by atoms with Gasteiger partial charge in [0.05, 0.1) is 24.1 Å². The minimum absolute atomic E-state index is 0.167. The molecule has 1 amide bonds. The van der Waals surface area contributed by atoms with Crippen LogP contribution in [0.25, 0.3) is 0 Å². The first-order valence-electron chi connectivity index (χ1n) is 5.76. The van der Waals surface area contributed by atoms with Crippen molar-refractivity contribution in [2.45, 2.75) is 19.4 Å². The fourth-order valence-electron chi connectivity index (χ4n) is 1.64. The van der Waals surface area contributed by atoms with Crippen LogP contribution in [0.15, 0.2) is 0 Å². The van der Waals surface area contributed by atoms with E-state index in [4.69, 9.17) is 10.5 Å². The highest BCUT2D eigenvalue weighted by Gasteiger charge is 2.21. The number of nitrogens with two attached hydrogens (primary N) is 1. The third kappa shape index (κ3) is 3.21. The number of rotatable bonds is 6. The Morgan fingerprint density at radius 2 is 2.33 bits per heavy atom. The summed E-state index contributed by atoms with van der Waals surface area (Å²) in [6, 6.07) is 0. The molecule has 7 heteroatoms. The summed E-state index contributed by atoms with van der Waals surface area (Å²) in [4.78, 5) is 13.4. The quantitative estimate of drug-likeness (QED) is 0.644. The summed E-state index contributed by atoms with van der Waals surface area (Å²) in [7, 11) is 3.07. The Labute approximate surface area is 106 Å². The number of H-pyrrole nitrogens is 1. The van der Waals surface area contributed by atoms with E-state index in [0.717, 1.165) is 5.69 Å². The van der Waals surface area contributed by atoms with Gasteiger partial charge in [-0.05, 0) is 6.42 Å². The zero-order valence-electron chi connectivity index (χ0n) is 10.9. The van der Waals surface area contributed by atoms with Crippen LogP contribution in [-0.4, -0.2) is 59.5 Å². The number of carbonyl (C=O) groups is 1. The van der Waals surface area contributed by atoms with E-state index in [1.54, 1.807) is 7.05 Å². The van der Waals surface area contributed by atoms with E-state index in [1.165, 1.54) is 12.0 Å². The maximum atomic E-state index is 12.0. The van der Waals surface area contributed by atoms with Gasteiger partial charge in [0.25, 0.3) is 5.91 Å². The van der Waals surface area contributed by atoms with E-state index in [9.17, 15) is 9.90 Å². The Balaban J connectivity index is 2.71. The minimum atomic E-state index is -0.727. The number of anilines is 1. The summed E-state index contributed by atoms with van der Waals surface area (Å²) in [5.41, 5.74) is 7.12. The van der Waals surface area contributed by atoms with E-state index in [1.807, 2.05) is 6.92 Å². The van der Waals surface area contributed by atoms with Crippen LogP contribution in [0.1, 0.15) is 23.1 Å². The largest absolute Gasteiger partial charge is 0.395 e. The number of aromatic amines is 1.